The molecule has 1 aliphatic heterocycles. The van der Waals surface area contributed by atoms with Crippen LogP contribution in [-0.2, 0) is 9.53 Å². The van der Waals surface area contributed by atoms with Gasteiger partial charge in [0.15, 0.2) is 0 Å². The second-order valence-electron chi connectivity index (χ2n) is 12.3. The van der Waals surface area contributed by atoms with E-state index < -0.39 is 12.1 Å². The Bertz CT molecular complexity index is 1810. The number of alkyl carbamates (subject to hydrolysis) is 1. The Morgan fingerprint density at radius 1 is 0.909 bits per heavy atom. The fourth-order valence-electron chi connectivity index (χ4n) is 7.00. The Kier molecular flexibility index (Phi) is 7.16. The first-order valence-electron chi connectivity index (χ1n) is 15.2. The molecule has 9 nitrogen and oxygen atoms in total. The maximum Gasteiger partial charge on any atom is 0.407 e. The minimum atomic E-state index is -0.654. The number of fused-ring (bicyclic) bond motifs is 3. The summed E-state index contributed by atoms with van der Waals surface area (Å²) in [6, 6.07) is 20.8. The van der Waals surface area contributed by atoms with Crippen molar-refractivity contribution in [2.24, 2.45) is 11.8 Å². The molecule has 5 aromatic rings. The zero-order valence-corrected chi connectivity index (χ0v) is 25.1. The van der Waals surface area contributed by atoms with Crippen LogP contribution in [0.2, 0.25) is 0 Å². The summed E-state index contributed by atoms with van der Waals surface area (Å²) in [5, 5.41) is 5.06. The van der Waals surface area contributed by atoms with Gasteiger partial charge in [0.1, 0.15) is 11.9 Å². The molecule has 3 aromatic carbocycles. The van der Waals surface area contributed by atoms with Gasteiger partial charge in [0.05, 0.1) is 43.3 Å². The van der Waals surface area contributed by atoms with Gasteiger partial charge in [0.2, 0.25) is 5.91 Å². The Hall–Kier alpha value is -4.92. The summed E-state index contributed by atoms with van der Waals surface area (Å²) >= 11 is 0. The Morgan fingerprint density at radius 3 is 2.32 bits per heavy atom. The van der Waals surface area contributed by atoms with E-state index in [0.29, 0.717) is 5.92 Å². The number of aromatic amines is 2. The molecule has 3 heterocycles. The van der Waals surface area contributed by atoms with E-state index in [9.17, 15) is 9.59 Å². The molecule has 2 aliphatic rings. The molecule has 0 radical (unpaired) electrons. The van der Waals surface area contributed by atoms with E-state index in [-0.39, 0.29) is 23.9 Å². The molecule has 2 fully saturated rings. The van der Waals surface area contributed by atoms with E-state index in [1.54, 1.807) is 6.33 Å². The summed E-state index contributed by atoms with van der Waals surface area (Å²) < 4.78 is 4.80. The average molecular weight is 589 g/mol. The van der Waals surface area contributed by atoms with Gasteiger partial charge in [-0.05, 0) is 70.7 Å². The molecule has 224 valence electrons. The maximum absolute atomic E-state index is 13.8. The normalized spacial score (nSPS) is 19.9. The third kappa shape index (κ3) is 5.02. The summed E-state index contributed by atoms with van der Waals surface area (Å²) in [4.78, 5) is 43.5. The van der Waals surface area contributed by atoms with Crippen LogP contribution in [0, 0.1) is 11.8 Å². The number of carbonyl (C=O) groups excluding carboxylic acids is 2. The molecule has 4 unspecified atom stereocenters. The van der Waals surface area contributed by atoms with Crippen LogP contribution in [0.5, 0.6) is 0 Å². The lowest BCUT2D eigenvalue weighted by molar-refractivity contribution is -0.139. The molecule has 1 aliphatic carbocycles. The van der Waals surface area contributed by atoms with Gasteiger partial charge in [-0.25, -0.2) is 14.8 Å². The molecule has 1 saturated heterocycles. The number of H-pyrrole nitrogens is 2. The van der Waals surface area contributed by atoms with E-state index in [2.05, 4.69) is 80.9 Å². The number of methoxy groups -OCH3 is 1. The van der Waals surface area contributed by atoms with Crippen molar-refractivity contribution in [3.8, 4) is 33.6 Å². The van der Waals surface area contributed by atoms with Gasteiger partial charge in [-0.15, -0.1) is 0 Å². The number of carbonyl (C=O) groups is 2. The highest BCUT2D eigenvalue weighted by Gasteiger charge is 2.51. The summed E-state index contributed by atoms with van der Waals surface area (Å²) in [5.74, 6) is 0.999. The molecule has 4 atom stereocenters. The van der Waals surface area contributed by atoms with Crippen molar-refractivity contribution < 1.29 is 14.3 Å². The van der Waals surface area contributed by atoms with Crippen LogP contribution in [0.15, 0.2) is 79.4 Å². The fourth-order valence-corrected chi connectivity index (χ4v) is 7.00. The van der Waals surface area contributed by atoms with Crippen molar-refractivity contribution in [2.75, 3.05) is 7.11 Å². The highest BCUT2D eigenvalue weighted by molar-refractivity contribution is 5.91. The SMILES string of the molecule is COC(=O)NC(C(=O)N1C2CCC(C2)C1c1ncc(-c2ccc3cc(-c4ccc(-c5cnc[nH]5)cc4)ccc3c2)[nH]1)C(C)C. The van der Waals surface area contributed by atoms with Crippen molar-refractivity contribution in [1.82, 2.24) is 30.2 Å². The molecular formula is C35H36N6O3. The van der Waals surface area contributed by atoms with Gasteiger partial charge in [0, 0.05) is 11.6 Å². The van der Waals surface area contributed by atoms with E-state index in [1.165, 1.54) is 7.11 Å². The number of imidazole rings is 2. The first kappa shape index (κ1) is 27.9. The van der Waals surface area contributed by atoms with Crippen LogP contribution in [0.1, 0.15) is 45.0 Å². The second-order valence-corrected chi connectivity index (χ2v) is 12.3. The lowest BCUT2D eigenvalue weighted by Crippen LogP contribution is -2.54. The van der Waals surface area contributed by atoms with Gasteiger partial charge in [-0.2, -0.15) is 0 Å². The van der Waals surface area contributed by atoms with Crippen molar-refractivity contribution in [3.05, 3.63) is 85.2 Å². The van der Waals surface area contributed by atoms with Crippen LogP contribution in [0.4, 0.5) is 4.79 Å². The summed E-state index contributed by atoms with van der Waals surface area (Å²) in [6.45, 7) is 3.88. The van der Waals surface area contributed by atoms with Crippen LogP contribution < -0.4 is 5.32 Å². The Balaban J connectivity index is 1.13. The topological polar surface area (TPSA) is 116 Å². The van der Waals surface area contributed by atoms with Crippen molar-refractivity contribution in [1.29, 1.82) is 0 Å². The van der Waals surface area contributed by atoms with Crippen LogP contribution in [0.3, 0.4) is 0 Å². The highest BCUT2D eigenvalue weighted by atomic mass is 16.5. The van der Waals surface area contributed by atoms with E-state index >= 15 is 0 Å². The number of likely N-dealkylation sites (tertiary alicyclic amines) is 1. The fraction of sp³-hybridized carbons (Fsp3) is 0.314. The summed E-state index contributed by atoms with van der Waals surface area (Å²) in [7, 11) is 1.32. The number of hydrogen-bond donors (Lipinski definition) is 3. The molecule has 2 amide bonds. The largest absolute Gasteiger partial charge is 0.453 e. The molecule has 3 N–H and O–H groups in total. The second kappa shape index (κ2) is 11.3. The van der Waals surface area contributed by atoms with Gasteiger partial charge in [-0.1, -0.05) is 62.4 Å². The minimum Gasteiger partial charge on any atom is -0.453 e. The molecule has 9 heteroatoms. The smallest absolute Gasteiger partial charge is 0.407 e. The predicted octanol–water partition coefficient (Wildman–Crippen LogP) is 6.72. The number of nitrogens with one attached hydrogen (secondary N) is 3. The zero-order chi connectivity index (χ0) is 30.4. The highest BCUT2D eigenvalue weighted by Crippen LogP contribution is 2.50. The van der Waals surface area contributed by atoms with Gasteiger partial charge < -0.3 is 24.9 Å². The van der Waals surface area contributed by atoms with Crippen molar-refractivity contribution in [3.63, 3.8) is 0 Å². The quantitative estimate of drug-likeness (QED) is 0.195. The first-order valence-corrected chi connectivity index (χ1v) is 15.2. The lowest BCUT2D eigenvalue weighted by Gasteiger charge is -2.37. The standard InChI is InChI=1S/C35H36N6O3/c1-20(2)31(40-35(43)44-3)34(42)41-28-13-12-27(16-28)32(41)33-37-18-30(39-33)26-11-10-24-14-23(8-9-25(24)15-26)21-4-6-22(7-5-21)29-17-36-19-38-29/h4-11,14-15,17-20,27-28,31-32H,12-13,16H2,1-3H3,(H,36,38)(H,37,39)(H,40,43). The molecule has 7 rings (SSSR count). The first-order chi connectivity index (χ1) is 21.4. The summed E-state index contributed by atoms with van der Waals surface area (Å²) in [6.07, 6.45) is 7.79. The average Bonchev–Trinajstić information content (AvgIpc) is 3.88. The number of nitrogens with zero attached hydrogens (tertiary/aromatic N) is 3. The molecule has 2 bridgehead atoms. The summed E-state index contributed by atoms with van der Waals surface area (Å²) in [5.41, 5.74) is 6.38. The number of ether oxygens (including phenoxy) is 1. The van der Waals surface area contributed by atoms with Gasteiger partial charge in [0.25, 0.3) is 0 Å². The van der Waals surface area contributed by atoms with E-state index in [1.807, 2.05) is 31.1 Å². The molecule has 44 heavy (non-hydrogen) atoms. The lowest BCUT2D eigenvalue weighted by atomic mass is 9.95. The van der Waals surface area contributed by atoms with E-state index in [4.69, 9.17) is 9.72 Å². The number of benzene rings is 3. The van der Waals surface area contributed by atoms with Crippen LogP contribution in [-0.4, -0.2) is 56.0 Å². The van der Waals surface area contributed by atoms with E-state index in [0.717, 1.165) is 69.5 Å². The number of aromatic nitrogens is 4. The molecule has 0 spiro atoms. The van der Waals surface area contributed by atoms with Crippen molar-refractivity contribution >= 4 is 22.8 Å². The Morgan fingerprint density at radius 2 is 1.61 bits per heavy atom. The van der Waals surface area contributed by atoms with Gasteiger partial charge >= 0.3 is 6.09 Å². The predicted molar refractivity (Wildman–Crippen MR) is 169 cm³/mol. The molecule has 2 aromatic heterocycles. The monoisotopic (exact) mass is 588 g/mol. The van der Waals surface area contributed by atoms with Gasteiger partial charge in [-0.3, -0.25) is 4.79 Å². The van der Waals surface area contributed by atoms with Crippen molar-refractivity contribution in [2.45, 2.75) is 51.2 Å². The Labute approximate surface area is 256 Å². The number of rotatable bonds is 7. The molecular weight excluding hydrogens is 552 g/mol. The molecule has 1 saturated carbocycles. The zero-order valence-electron chi connectivity index (χ0n) is 25.1. The van der Waals surface area contributed by atoms with Crippen LogP contribution >= 0.6 is 0 Å². The third-order valence-electron chi connectivity index (χ3n) is 9.29. The third-order valence-corrected chi connectivity index (χ3v) is 9.29. The van der Waals surface area contributed by atoms with Crippen LogP contribution in [0.25, 0.3) is 44.4 Å². The number of piperidine rings is 1. The maximum atomic E-state index is 13.8. The number of amides is 2. The minimum absolute atomic E-state index is 0.0713. The number of hydrogen-bond acceptors (Lipinski definition) is 5.